The first-order valence-corrected chi connectivity index (χ1v) is 9.94. The fourth-order valence-electron chi connectivity index (χ4n) is 2.06. The van der Waals surface area contributed by atoms with Crippen LogP contribution in [0.15, 0.2) is 42.2 Å². The van der Waals surface area contributed by atoms with E-state index < -0.39 is 11.9 Å². The molecule has 8 heteroatoms. The molecule has 0 radical (unpaired) electrons. The second kappa shape index (κ2) is 8.12. The van der Waals surface area contributed by atoms with E-state index in [1.54, 1.807) is 12.1 Å². The lowest BCUT2D eigenvalue weighted by molar-refractivity contribution is 0.0691. The molecular weight excluding hydrogens is 574 g/mol. The highest BCUT2D eigenvalue weighted by molar-refractivity contribution is 9.15. The van der Waals surface area contributed by atoms with Crippen LogP contribution in [0.1, 0.15) is 33.2 Å². The Labute approximate surface area is 172 Å². The van der Waals surface area contributed by atoms with Crippen LogP contribution >= 0.6 is 63.7 Å². The smallest absolute Gasteiger partial charge is 0.337 e. The molecule has 0 saturated heterocycles. The van der Waals surface area contributed by atoms with Gasteiger partial charge in [-0.1, -0.05) is 19.1 Å². The molecule has 0 heterocycles. The van der Waals surface area contributed by atoms with Gasteiger partial charge in [-0.25, -0.2) is 4.79 Å². The van der Waals surface area contributed by atoms with Crippen molar-refractivity contribution in [3.8, 4) is 0 Å². The van der Waals surface area contributed by atoms with Gasteiger partial charge in [-0.15, -0.1) is 0 Å². The van der Waals surface area contributed by atoms with E-state index in [4.69, 9.17) is 0 Å². The minimum absolute atomic E-state index is 0.0315. The van der Waals surface area contributed by atoms with Gasteiger partial charge in [0, 0.05) is 23.6 Å². The van der Waals surface area contributed by atoms with Gasteiger partial charge in [-0.3, -0.25) is 4.79 Å². The third kappa shape index (κ3) is 3.92. The molecule has 0 bridgehead atoms. The Morgan fingerprint density at radius 3 is 1.88 bits per heavy atom. The lowest BCUT2D eigenvalue weighted by Gasteiger charge is -2.15. The first-order valence-electron chi connectivity index (χ1n) is 6.77. The number of halogens is 4. The number of nitrogens with one attached hydrogen (secondary N) is 1. The van der Waals surface area contributed by atoms with Crippen molar-refractivity contribution in [1.82, 2.24) is 0 Å². The van der Waals surface area contributed by atoms with E-state index in [1.807, 2.05) is 19.1 Å². The number of carboxylic acids is 1. The summed E-state index contributed by atoms with van der Waals surface area (Å²) in [6.07, 6.45) is 0.898. The monoisotopic (exact) mass is 581 g/mol. The second-order valence-corrected chi connectivity index (χ2v) is 7.99. The van der Waals surface area contributed by atoms with Crippen molar-refractivity contribution in [2.45, 2.75) is 13.3 Å². The van der Waals surface area contributed by atoms with Crippen LogP contribution in [0.25, 0.3) is 0 Å². The minimum Gasteiger partial charge on any atom is -0.478 e. The fourth-order valence-corrected chi connectivity index (χ4v) is 4.53. The number of carboxylic acid groups (broad SMARTS) is 1. The van der Waals surface area contributed by atoms with Crippen LogP contribution in [0.2, 0.25) is 0 Å². The summed E-state index contributed by atoms with van der Waals surface area (Å²) in [6, 6.07) is 7.40. The first-order chi connectivity index (χ1) is 11.3. The molecule has 0 aliphatic carbocycles. The zero-order valence-electron chi connectivity index (χ0n) is 12.3. The van der Waals surface area contributed by atoms with Crippen LogP contribution in [0, 0.1) is 0 Å². The lowest BCUT2D eigenvalue weighted by atomic mass is 10.1. The van der Waals surface area contributed by atoms with Crippen molar-refractivity contribution in [2.24, 2.45) is 0 Å². The van der Waals surface area contributed by atoms with Crippen molar-refractivity contribution >= 4 is 81.3 Å². The van der Waals surface area contributed by atoms with Gasteiger partial charge in [-0.2, -0.15) is 0 Å². The molecule has 2 aromatic rings. The summed E-state index contributed by atoms with van der Waals surface area (Å²) in [4.78, 5) is 24.3. The van der Waals surface area contributed by atoms with E-state index in [2.05, 4.69) is 69.0 Å². The molecular formula is C16H11Br4NO3. The van der Waals surface area contributed by atoms with E-state index >= 15 is 0 Å². The van der Waals surface area contributed by atoms with Crippen molar-refractivity contribution in [2.75, 3.05) is 5.32 Å². The van der Waals surface area contributed by atoms with Crippen molar-refractivity contribution in [3.63, 3.8) is 0 Å². The third-order valence-corrected chi connectivity index (χ3v) is 8.10. The number of hydrogen-bond donors (Lipinski definition) is 2. The highest BCUT2D eigenvalue weighted by Crippen LogP contribution is 2.42. The predicted molar refractivity (Wildman–Crippen MR) is 108 cm³/mol. The molecule has 0 aliphatic heterocycles. The van der Waals surface area contributed by atoms with E-state index in [0.29, 0.717) is 19.1 Å². The number of amides is 1. The number of anilines is 1. The van der Waals surface area contributed by atoms with Gasteiger partial charge >= 0.3 is 5.97 Å². The van der Waals surface area contributed by atoms with Gasteiger partial charge in [0.1, 0.15) is 0 Å². The summed E-state index contributed by atoms with van der Waals surface area (Å²) in [5.41, 5.74) is 1.65. The zero-order chi connectivity index (χ0) is 18.0. The number of benzene rings is 2. The van der Waals surface area contributed by atoms with Crippen LogP contribution < -0.4 is 5.32 Å². The first kappa shape index (κ1) is 19.6. The van der Waals surface area contributed by atoms with Gasteiger partial charge in [0.05, 0.1) is 11.1 Å². The zero-order valence-corrected chi connectivity index (χ0v) is 18.6. The van der Waals surface area contributed by atoms with Gasteiger partial charge in [0.2, 0.25) is 0 Å². The quantitative estimate of drug-likeness (QED) is 0.330. The summed E-state index contributed by atoms with van der Waals surface area (Å²) >= 11 is 13.2. The fraction of sp³-hybridized carbons (Fsp3) is 0.125. The highest BCUT2D eigenvalue weighted by atomic mass is 79.9. The van der Waals surface area contributed by atoms with Crippen LogP contribution in [0.3, 0.4) is 0 Å². The minimum atomic E-state index is -1.21. The van der Waals surface area contributed by atoms with Gasteiger partial charge in [0.15, 0.2) is 0 Å². The summed E-state index contributed by atoms with van der Waals surface area (Å²) < 4.78 is 1.70. The Morgan fingerprint density at radius 1 is 0.917 bits per heavy atom. The van der Waals surface area contributed by atoms with Crippen LogP contribution in [0.4, 0.5) is 5.69 Å². The average molecular weight is 585 g/mol. The Morgan fingerprint density at radius 2 is 1.42 bits per heavy atom. The molecule has 0 fully saturated rings. The Bertz CT molecular complexity index is 819. The van der Waals surface area contributed by atoms with E-state index in [1.165, 1.54) is 0 Å². The van der Waals surface area contributed by atoms with Crippen molar-refractivity contribution < 1.29 is 14.7 Å². The molecule has 2 N–H and O–H groups in total. The molecule has 1 amide bonds. The maximum absolute atomic E-state index is 12.7. The summed E-state index contributed by atoms with van der Waals surface area (Å²) in [5, 5.41) is 12.2. The molecule has 0 unspecified atom stereocenters. The highest BCUT2D eigenvalue weighted by Gasteiger charge is 2.27. The van der Waals surface area contributed by atoms with E-state index in [0.717, 1.165) is 12.0 Å². The molecule has 2 aromatic carbocycles. The van der Waals surface area contributed by atoms with Crippen molar-refractivity contribution in [3.05, 3.63) is 58.8 Å². The number of carbonyl (C=O) groups excluding carboxylic acids is 1. The summed E-state index contributed by atoms with van der Waals surface area (Å²) in [7, 11) is 0. The topological polar surface area (TPSA) is 66.4 Å². The summed E-state index contributed by atoms with van der Waals surface area (Å²) in [5.74, 6) is -1.72. The SMILES string of the molecule is CCc1ccc(NC(=O)c2c(Br)c(Br)c(Br)c(Br)c2C(=O)O)cc1. The molecule has 0 spiro atoms. The van der Waals surface area contributed by atoms with Gasteiger partial charge < -0.3 is 10.4 Å². The molecule has 0 aromatic heterocycles. The Kier molecular flexibility index (Phi) is 6.64. The van der Waals surface area contributed by atoms with Crippen LogP contribution in [-0.2, 0) is 6.42 Å². The standard InChI is InChI=1S/C16H11Br4NO3/c1-2-7-3-5-8(6-4-7)21-15(22)9-10(16(23)24)12(18)14(20)13(19)11(9)17/h3-6H,2H2,1H3,(H,21,22)(H,23,24). The van der Waals surface area contributed by atoms with E-state index in [-0.39, 0.29) is 15.6 Å². The largest absolute Gasteiger partial charge is 0.478 e. The third-order valence-electron chi connectivity index (χ3n) is 3.33. The maximum Gasteiger partial charge on any atom is 0.337 e. The molecule has 4 nitrogen and oxygen atoms in total. The van der Waals surface area contributed by atoms with Crippen LogP contribution in [0.5, 0.6) is 0 Å². The van der Waals surface area contributed by atoms with E-state index in [9.17, 15) is 14.7 Å². The normalized spacial score (nSPS) is 10.5. The number of hydrogen-bond acceptors (Lipinski definition) is 2. The van der Waals surface area contributed by atoms with Crippen molar-refractivity contribution in [1.29, 1.82) is 0 Å². The predicted octanol–water partition coefficient (Wildman–Crippen LogP) is 6.25. The maximum atomic E-state index is 12.7. The Hall–Kier alpha value is -0.700. The number of carbonyl (C=O) groups is 2. The van der Waals surface area contributed by atoms with Crippen LogP contribution in [-0.4, -0.2) is 17.0 Å². The summed E-state index contributed by atoms with van der Waals surface area (Å²) in [6.45, 7) is 2.04. The molecule has 0 aliphatic rings. The second-order valence-electron chi connectivity index (χ2n) is 4.82. The van der Waals surface area contributed by atoms with Gasteiger partial charge in [0.25, 0.3) is 5.91 Å². The molecule has 24 heavy (non-hydrogen) atoms. The molecule has 0 atom stereocenters. The lowest BCUT2D eigenvalue weighted by Crippen LogP contribution is -2.18. The van der Waals surface area contributed by atoms with Gasteiger partial charge in [-0.05, 0) is 87.8 Å². The molecule has 0 saturated carbocycles. The molecule has 2 rings (SSSR count). The number of aryl methyl sites for hydroxylation is 1. The average Bonchev–Trinajstić information content (AvgIpc) is 2.56. The number of aromatic carboxylic acids is 1. The number of rotatable bonds is 4. The Balaban J connectivity index is 2.50. The molecule has 126 valence electrons.